The SMILES string of the molecule is CN(c1cc(Cl)ccc1Nc1cc(Cl)nc2[nH]n(C)c(=O)c12)S(C)=O. The largest absolute Gasteiger partial charge is 0.353 e. The summed E-state index contributed by atoms with van der Waals surface area (Å²) >= 11 is 12.1. The van der Waals surface area contributed by atoms with Crippen LogP contribution in [0.15, 0.2) is 29.1 Å². The van der Waals surface area contributed by atoms with Gasteiger partial charge in [-0.1, -0.05) is 23.2 Å². The normalized spacial score (nSPS) is 12.4. The lowest BCUT2D eigenvalue weighted by molar-refractivity contribution is 0.685. The fourth-order valence-corrected chi connectivity index (χ4v) is 3.23. The quantitative estimate of drug-likeness (QED) is 0.660. The molecule has 0 aliphatic heterocycles. The smallest absolute Gasteiger partial charge is 0.277 e. The molecular formula is C15H15Cl2N5O2S. The van der Waals surface area contributed by atoms with Crippen LogP contribution in [0.4, 0.5) is 17.1 Å². The Balaban J connectivity index is 2.17. The van der Waals surface area contributed by atoms with Crippen molar-refractivity contribution in [3.8, 4) is 0 Å². The van der Waals surface area contributed by atoms with E-state index in [1.165, 1.54) is 4.68 Å². The predicted octanol–water partition coefficient (Wildman–Crippen LogP) is 3.04. The van der Waals surface area contributed by atoms with E-state index in [9.17, 15) is 9.00 Å². The summed E-state index contributed by atoms with van der Waals surface area (Å²) in [5.74, 6) is 0. The fourth-order valence-electron chi connectivity index (χ4n) is 2.44. The third-order valence-corrected chi connectivity index (χ3v) is 5.13. The topological polar surface area (TPSA) is 83.0 Å². The van der Waals surface area contributed by atoms with Crippen molar-refractivity contribution in [2.45, 2.75) is 0 Å². The number of aromatic nitrogens is 3. The molecule has 10 heteroatoms. The summed E-state index contributed by atoms with van der Waals surface area (Å²) in [6.07, 6.45) is 1.56. The third-order valence-electron chi connectivity index (χ3n) is 3.73. The molecular weight excluding hydrogens is 385 g/mol. The molecule has 1 aromatic carbocycles. The predicted molar refractivity (Wildman–Crippen MR) is 104 cm³/mol. The molecule has 3 rings (SSSR count). The number of nitrogens with zero attached hydrogens (tertiary/aromatic N) is 3. The van der Waals surface area contributed by atoms with Crippen molar-refractivity contribution in [2.75, 3.05) is 22.9 Å². The van der Waals surface area contributed by atoms with Gasteiger partial charge in [-0.05, 0) is 24.3 Å². The monoisotopic (exact) mass is 399 g/mol. The van der Waals surface area contributed by atoms with Crippen LogP contribution < -0.4 is 15.2 Å². The summed E-state index contributed by atoms with van der Waals surface area (Å²) in [5, 5.41) is 7.15. The second-order valence-electron chi connectivity index (χ2n) is 5.40. The van der Waals surface area contributed by atoms with Crippen molar-refractivity contribution in [2.24, 2.45) is 7.05 Å². The Morgan fingerprint density at radius 1 is 1.28 bits per heavy atom. The zero-order valence-electron chi connectivity index (χ0n) is 13.6. The van der Waals surface area contributed by atoms with E-state index < -0.39 is 11.0 Å². The van der Waals surface area contributed by atoms with Gasteiger partial charge in [-0.25, -0.2) is 9.19 Å². The Morgan fingerprint density at radius 2 is 2.00 bits per heavy atom. The van der Waals surface area contributed by atoms with Crippen LogP contribution in [0.1, 0.15) is 0 Å². The van der Waals surface area contributed by atoms with Crippen LogP contribution in [0.2, 0.25) is 10.2 Å². The summed E-state index contributed by atoms with van der Waals surface area (Å²) in [5.41, 5.74) is 1.90. The van der Waals surface area contributed by atoms with Gasteiger partial charge in [0, 0.05) is 25.4 Å². The molecule has 3 aromatic rings. The molecule has 2 aromatic heterocycles. The summed E-state index contributed by atoms with van der Waals surface area (Å²) in [6.45, 7) is 0. The van der Waals surface area contributed by atoms with E-state index in [2.05, 4.69) is 15.4 Å². The van der Waals surface area contributed by atoms with Crippen molar-refractivity contribution in [3.05, 3.63) is 44.8 Å². The standard InChI is InChI=1S/C15H15Cl2N5O2S/c1-21-15(23)13-10(7-12(17)19-14(13)20-21)18-9-5-4-8(16)6-11(9)22(2)25(3)24/h4-7H,1-3H3,(H2,18,19,20). The van der Waals surface area contributed by atoms with Crippen LogP contribution in [-0.2, 0) is 18.0 Å². The van der Waals surface area contributed by atoms with Crippen LogP contribution in [0.5, 0.6) is 0 Å². The molecule has 0 bridgehead atoms. The minimum atomic E-state index is -1.25. The van der Waals surface area contributed by atoms with Crippen molar-refractivity contribution in [1.29, 1.82) is 0 Å². The van der Waals surface area contributed by atoms with Gasteiger partial charge in [0.25, 0.3) is 5.56 Å². The average Bonchev–Trinajstić information content (AvgIpc) is 2.82. The van der Waals surface area contributed by atoms with Crippen LogP contribution in [0.25, 0.3) is 11.0 Å². The second-order valence-corrected chi connectivity index (χ2v) is 7.62. The number of hydrogen-bond acceptors (Lipinski definition) is 4. The molecule has 0 spiro atoms. The molecule has 132 valence electrons. The molecule has 0 saturated carbocycles. The lowest BCUT2D eigenvalue weighted by Gasteiger charge is -2.20. The third kappa shape index (κ3) is 3.37. The molecule has 1 unspecified atom stereocenters. The first-order valence-corrected chi connectivity index (χ1v) is 9.44. The maximum atomic E-state index is 12.4. The molecule has 0 amide bonds. The lowest BCUT2D eigenvalue weighted by atomic mass is 10.2. The number of anilines is 3. The molecule has 0 aliphatic rings. The highest BCUT2D eigenvalue weighted by Gasteiger charge is 2.16. The Hall–Kier alpha value is -2.03. The maximum Gasteiger partial charge on any atom is 0.277 e. The van der Waals surface area contributed by atoms with Crippen LogP contribution in [-0.4, -0.2) is 32.3 Å². The van der Waals surface area contributed by atoms with Crippen molar-refractivity contribution < 1.29 is 4.21 Å². The molecule has 0 radical (unpaired) electrons. The van der Waals surface area contributed by atoms with Crippen LogP contribution in [0, 0.1) is 0 Å². The Morgan fingerprint density at radius 3 is 2.68 bits per heavy atom. The first-order valence-electron chi connectivity index (χ1n) is 7.17. The second kappa shape index (κ2) is 6.70. The molecule has 7 nitrogen and oxygen atoms in total. The number of aryl methyl sites for hydroxylation is 1. The number of H-pyrrole nitrogens is 1. The highest BCUT2D eigenvalue weighted by Crippen LogP contribution is 2.33. The van der Waals surface area contributed by atoms with Gasteiger partial charge in [0.15, 0.2) is 5.65 Å². The van der Waals surface area contributed by atoms with Crippen molar-refractivity contribution >= 4 is 62.3 Å². The number of nitrogens with one attached hydrogen (secondary N) is 2. The van der Waals surface area contributed by atoms with E-state index in [4.69, 9.17) is 23.2 Å². The molecule has 0 saturated heterocycles. The van der Waals surface area contributed by atoms with Gasteiger partial charge in [-0.3, -0.25) is 18.9 Å². The maximum absolute atomic E-state index is 12.4. The zero-order chi connectivity index (χ0) is 18.3. The van der Waals surface area contributed by atoms with Crippen molar-refractivity contribution in [3.63, 3.8) is 0 Å². The minimum Gasteiger partial charge on any atom is -0.353 e. The summed E-state index contributed by atoms with van der Waals surface area (Å²) in [6, 6.07) is 6.72. The van der Waals surface area contributed by atoms with Gasteiger partial charge in [0.2, 0.25) is 0 Å². The zero-order valence-corrected chi connectivity index (χ0v) is 16.0. The lowest BCUT2D eigenvalue weighted by Crippen LogP contribution is -2.20. The van der Waals surface area contributed by atoms with Crippen molar-refractivity contribution in [1.82, 2.24) is 14.8 Å². The number of pyridine rings is 1. The summed E-state index contributed by atoms with van der Waals surface area (Å²) < 4.78 is 14.8. The fraction of sp³-hybridized carbons (Fsp3) is 0.200. The Labute approximate surface area is 156 Å². The van der Waals surface area contributed by atoms with Gasteiger partial charge < -0.3 is 5.32 Å². The first kappa shape index (κ1) is 17.8. The Bertz CT molecular complexity index is 1050. The number of rotatable bonds is 4. The van der Waals surface area contributed by atoms with Gasteiger partial charge >= 0.3 is 0 Å². The highest BCUT2D eigenvalue weighted by molar-refractivity contribution is 7.85. The molecule has 2 heterocycles. The highest BCUT2D eigenvalue weighted by atomic mass is 35.5. The van der Waals surface area contributed by atoms with Gasteiger partial charge in [-0.2, -0.15) is 0 Å². The molecule has 2 N–H and O–H groups in total. The number of aromatic amines is 1. The molecule has 0 fully saturated rings. The minimum absolute atomic E-state index is 0.232. The van der Waals surface area contributed by atoms with E-state index in [-0.39, 0.29) is 10.7 Å². The van der Waals surface area contributed by atoms with E-state index in [1.54, 1.807) is 48.9 Å². The van der Waals surface area contributed by atoms with E-state index in [0.29, 0.717) is 33.1 Å². The van der Waals surface area contributed by atoms with Gasteiger partial charge in [-0.15, -0.1) is 0 Å². The summed E-state index contributed by atoms with van der Waals surface area (Å²) in [4.78, 5) is 16.5. The molecule has 0 aliphatic carbocycles. The first-order chi connectivity index (χ1) is 11.8. The number of benzene rings is 1. The van der Waals surface area contributed by atoms with Gasteiger partial charge in [0.05, 0.1) is 17.1 Å². The number of fused-ring (bicyclic) bond motifs is 1. The van der Waals surface area contributed by atoms with E-state index in [0.717, 1.165) is 0 Å². The number of hydrogen-bond donors (Lipinski definition) is 2. The molecule has 1 atom stereocenters. The Kier molecular flexibility index (Phi) is 4.77. The number of halogens is 2. The van der Waals surface area contributed by atoms with E-state index in [1.807, 2.05) is 0 Å². The average molecular weight is 400 g/mol. The summed E-state index contributed by atoms with van der Waals surface area (Å²) in [7, 11) is 2.05. The van der Waals surface area contributed by atoms with Gasteiger partial charge in [0.1, 0.15) is 21.5 Å². The van der Waals surface area contributed by atoms with E-state index >= 15 is 0 Å². The van der Waals surface area contributed by atoms with Crippen LogP contribution in [0.3, 0.4) is 0 Å². The molecule has 25 heavy (non-hydrogen) atoms. The van der Waals surface area contributed by atoms with Crippen LogP contribution >= 0.6 is 23.2 Å².